The molecule has 12 heteroatoms. The molecule has 0 radical (unpaired) electrons. The molecule has 2 N–H and O–H groups in total. The number of benzene rings is 1. The van der Waals surface area contributed by atoms with Gasteiger partial charge in [0.25, 0.3) is 0 Å². The van der Waals surface area contributed by atoms with Crippen LogP contribution in [0.1, 0.15) is 24.8 Å². The van der Waals surface area contributed by atoms with Crippen molar-refractivity contribution in [2.75, 3.05) is 31.6 Å². The van der Waals surface area contributed by atoms with Gasteiger partial charge in [0.05, 0.1) is 22.4 Å². The number of nitrogens with zero attached hydrogens (tertiary/aromatic N) is 4. The summed E-state index contributed by atoms with van der Waals surface area (Å²) in [5.74, 6) is -2.37. The molecule has 0 bridgehead atoms. The van der Waals surface area contributed by atoms with Gasteiger partial charge in [-0.15, -0.1) is 0 Å². The number of nitrogens with one attached hydrogen (secondary N) is 2. The average Bonchev–Trinajstić information content (AvgIpc) is 3.40. The minimum absolute atomic E-state index is 0.0244. The van der Waals surface area contributed by atoms with Crippen molar-refractivity contribution in [2.45, 2.75) is 25.4 Å². The zero-order valence-electron chi connectivity index (χ0n) is 19.4. The average molecular weight is 500 g/mol. The van der Waals surface area contributed by atoms with Gasteiger partial charge in [-0.05, 0) is 37.1 Å². The van der Waals surface area contributed by atoms with E-state index in [1.807, 2.05) is 6.07 Å². The van der Waals surface area contributed by atoms with Gasteiger partial charge >= 0.3 is 6.18 Å². The molecule has 2 saturated heterocycles. The maximum absolute atomic E-state index is 14.3. The van der Waals surface area contributed by atoms with Crippen molar-refractivity contribution in [3.8, 4) is 6.07 Å². The maximum atomic E-state index is 14.3. The number of halogens is 3. The lowest BCUT2D eigenvalue weighted by Gasteiger charge is -2.28. The fourth-order valence-electron chi connectivity index (χ4n) is 5.62. The van der Waals surface area contributed by atoms with Gasteiger partial charge in [-0.3, -0.25) is 30.2 Å². The van der Waals surface area contributed by atoms with Gasteiger partial charge in [0.15, 0.2) is 0 Å². The lowest BCUT2D eigenvalue weighted by atomic mass is 9.94. The van der Waals surface area contributed by atoms with Gasteiger partial charge in [0, 0.05) is 50.4 Å². The number of rotatable bonds is 3. The van der Waals surface area contributed by atoms with E-state index < -0.39 is 41.3 Å². The fraction of sp³-hybridized carbons (Fsp3) is 0.458. The third kappa shape index (κ3) is 3.44. The Morgan fingerprint density at radius 3 is 2.69 bits per heavy atom. The Morgan fingerprint density at radius 1 is 1.22 bits per heavy atom. The summed E-state index contributed by atoms with van der Waals surface area (Å²) >= 11 is 0. The Morgan fingerprint density at radius 2 is 2.00 bits per heavy atom. The number of amides is 3. The number of fused-ring (bicyclic) bond motifs is 2. The molecule has 0 spiro atoms. The van der Waals surface area contributed by atoms with Crippen LogP contribution in [0, 0.1) is 28.1 Å². The number of alkyl halides is 3. The molecule has 1 saturated carbocycles. The zero-order chi connectivity index (χ0) is 25.9. The molecule has 2 aromatic rings. The molecule has 3 atom stereocenters. The highest BCUT2D eigenvalue weighted by atomic mass is 19.4. The number of hydrogen-bond donors (Lipinski definition) is 2. The SMILES string of the molecule is CN1CCC(C(=O)NNC(=O)[C@]23CN(c4ccc(C#N)c5ncccc45)C[C@@]2(C(F)(F)F)C3)CC1=O. The lowest BCUT2D eigenvalue weighted by molar-refractivity contribution is -0.191. The van der Waals surface area contributed by atoms with Gasteiger partial charge in [0.1, 0.15) is 11.5 Å². The number of hydrogen-bond acceptors (Lipinski definition) is 6. The van der Waals surface area contributed by atoms with Crippen LogP contribution in [-0.4, -0.2) is 60.5 Å². The molecule has 36 heavy (non-hydrogen) atoms. The first-order valence-electron chi connectivity index (χ1n) is 11.5. The summed E-state index contributed by atoms with van der Waals surface area (Å²) in [5, 5.41) is 9.89. The van der Waals surface area contributed by atoms with E-state index in [-0.39, 0.29) is 25.3 Å². The van der Waals surface area contributed by atoms with E-state index >= 15 is 0 Å². The maximum Gasteiger partial charge on any atom is 0.397 e. The van der Waals surface area contributed by atoms with Crippen molar-refractivity contribution in [3.63, 3.8) is 0 Å². The molecule has 1 aromatic carbocycles. The molecule has 1 aliphatic carbocycles. The van der Waals surface area contributed by atoms with E-state index in [0.717, 1.165) is 0 Å². The normalized spacial score (nSPS) is 27.4. The molecule has 5 rings (SSSR count). The molecule has 1 unspecified atom stereocenters. The highest BCUT2D eigenvalue weighted by Gasteiger charge is 2.86. The van der Waals surface area contributed by atoms with Gasteiger partial charge in [-0.25, -0.2) is 0 Å². The topological polar surface area (TPSA) is 118 Å². The number of carbonyl (C=O) groups is 3. The van der Waals surface area contributed by atoms with Crippen LogP contribution in [0.5, 0.6) is 0 Å². The Kier molecular flexibility index (Phi) is 5.35. The standard InChI is InChI=1S/C24H23F3N6O3/c1-32-8-6-14(9-18(32)34)20(35)30-31-21(36)22-11-23(22,24(25,26)27)13-33(12-22)17-5-4-15(10-28)19-16(17)3-2-7-29-19/h2-5,7,14H,6,8-9,11-13H2,1H3,(H,30,35)(H,31,36)/t14?,22-,23-/m0/s1. The number of hydrazine groups is 1. The van der Waals surface area contributed by atoms with Crippen LogP contribution >= 0.6 is 0 Å². The molecule has 2 aliphatic heterocycles. The van der Waals surface area contributed by atoms with Crippen molar-refractivity contribution in [2.24, 2.45) is 16.7 Å². The van der Waals surface area contributed by atoms with Crippen molar-refractivity contribution in [1.29, 1.82) is 5.26 Å². The van der Waals surface area contributed by atoms with Crippen molar-refractivity contribution in [3.05, 3.63) is 36.0 Å². The molecule has 3 aliphatic rings. The van der Waals surface area contributed by atoms with Crippen LogP contribution in [-0.2, 0) is 14.4 Å². The van der Waals surface area contributed by atoms with Gasteiger partial charge in [0.2, 0.25) is 17.7 Å². The highest BCUT2D eigenvalue weighted by molar-refractivity contribution is 5.97. The van der Waals surface area contributed by atoms with Crippen LogP contribution in [0.3, 0.4) is 0 Å². The number of nitriles is 1. The van der Waals surface area contributed by atoms with Gasteiger partial charge < -0.3 is 9.80 Å². The summed E-state index contributed by atoms with van der Waals surface area (Å²) in [7, 11) is 1.63. The first-order chi connectivity index (χ1) is 17.0. The van der Waals surface area contributed by atoms with Crippen LogP contribution < -0.4 is 15.8 Å². The molecule has 3 fully saturated rings. The number of pyridine rings is 1. The smallest absolute Gasteiger partial charge is 0.369 e. The van der Waals surface area contributed by atoms with Crippen molar-refractivity contribution < 1.29 is 27.6 Å². The summed E-state index contributed by atoms with van der Waals surface area (Å²) in [4.78, 5) is 44.7. The van der Waals surface area contributed by atoms with Gasteiger partial charge in [-0.1, -0.05) is 0 Å². The molecular formula is C24H23F3N6O3. The number of carbonyl (C=O) groups excluding carboxylic acids is 3. The first kappa shape index (κ1) is 23.8. The Bertz CT molecular complexity index is 1320. The second-order valence-electron chi connectivity index (χ2n) is 9.79. The number of anilines is 1. The summed E-state index contributed by atoms with van der Waals surface area (Å²) < 4.78 is 42.9. The highest BCUT2D eigenvalue weighted by Crippen LogP contribution is 2.75. The van der Waals surface area contributed by atoms with E-state index in [1.54, 1.807) is 25.2 Å². The molecule has 3 amide bonds. The quantitative estimate of drug-likeness (QED) is 0.622. The number of aromatic nitrogens is 1. The second kappa shape index (κ2) is 8.08. The molecule has 3 heterocycles. The van der Waals surface area contributed by atoms with Crippen molar-refractivity contribution in [1.82, 2.24) is 20.7 Å². The predicted octanol–water partition coefficient (Wildman–Crippen LogP) is 1.88. The van der Waals surface area contributed by atoms with Crippen LogP contribution in [0.2, 0.25) is 0 Å². The molecular weight excluding hydrogens is 477 g/mol. The van der Waals surface area contributed by atoms with Crippen LogP contribution in [0.15, 0.2) is 30.5 Å². The molecule has 1 aromatic heterocycles. The number of likely N-dealkylation sites (tertiary alicyclic amines) is 1. The summed E-state index contributed by atoms with van der Waals surface area (Å²) in [5.41, 5.74) is 1.54. The van der Waals surface area contributed by atoms with E-state index in [0.29, 0.717) is 35.1 Å². The van der Waals surface area contributed by atoms with Crippen LogP contribution in [0.4, 0.5) is 18.9 Å². The third-order valence-corrected chi connectivity index (χ3v) is 7.83. The monoisotopic (exact) mass is 500 g/mol. The van der Waals surface area contributed by atoms with E-state index in [2.05, 4.69) is 15.8 Å². The van der Waals surface area contributed by atoms with E-state index in [9.17, 15) is 32.8 Å². The second-order valence-corrected chi connectivity index (χ2v) is 9.79. The Balaban J connectivity index is 1.37. The number of piperidine rings is 2. The zero-order valence-corrected chi connectivity index (χ0v) is 19.4. The minimum atomic E-state index is -4.65. The molecule has 188 valence electrons. The predicted molar refractivity (Wildman–Crippen MR) is 121 cm³/mol. The summed E-state index contributed by atoms with van der Waals surface area (Å²) in [6, 6.07) is 8.42. The van der Waals surface area contributed by atoms with Crippen LogP contribution in [0.25, 0.3) is 10.9 Å². The Hall–Kier alpha value is -3.88. The van der Waals surface area contributed by atoms with E-state index in [4.69, 9.17) is 0 Å². The lowest BCUT2D eigenvalue weighted by Crippen LogP contribution is -2.51. The summed E-state index contributed by atoms with van der Waals surface area (Å²) in [6.07, 6.45) is -3.16. The fourth-order valence-corrected chi connectivity index (χ4v) is 5.62. The van der Waals surface area contributed by atoms with Gasteiger partial charge in [-0.2, -0.15) is 18.4 Å². The van der Waals surface area contributed by atoms with E-state index in [1.165, 1.54) is 22.1 Å². The molecule has 9 nitrogen and oxygen atoms in total. The third-order valence-electron chi connectivity index (χ3n) is 7.83. The van der Waals surface area contributed by atoms with Crippen molar-refractivity contribution >= 4 is 34.3 Å². The summed E-state index contributed by atoms with van der Waals surface area (Å²) in [6.45, 7) is -0.262. The largest absolute Gasteiger partial charge is 0.397 e. The Labute approximate surface area is 204 Å². The first-order valence-corrected chi connectivity index (χ1v) is 11.5. The minimum Gasteiger partial charge on any atom is -0.369 e.